The summed E-state index contributed by atoms with van der Waals surface area (Å²) in [6.07, 6.45) is 0.446. The largest absolute Gasteiger partial charge is 0.348 e. The fourth-order valence-corrected chi connectivity index (χ4v) is 5.10. The topological polar surface area (TPSA) is 76.1 Å². The average molecular weight is 401 g/mol. The summed E-state index contributed by atoms with van der Waals surface area (Å²) in [6.45, 7) is 0. The highest BCUT2D eigenvalue weighted by Crippen LogP contribution is 2.26. The first-order valence-electron chi connectivity index (χ1n) is 8.58. The highest BCUT2D eigenvalue weighted by atomic mass is 35.5. The van der Waals surface area contributed by atoms with Crippen molar-refractivity contribution in [3.05, 3.63) is 65.2 Å². The third kappa shape index (κ3) is 3.82. The number of carbonyl (C=O) groups excluding carboxylic acids is 1. The van der Waals surface area contributed by atoms with Gasteiger partial charge in [0, 0.05) is 22.0 Å². The molecule has 1 N–H and O–H groups in total. The summed E-state index contributed by atoms with van der Waals surface area (Å²) >= 11 is 5.96. The van der Waals surface area contributed by atoms with Crippen LogP contribution >= 0.6 is 11.6 Å². The lowest BCUT2D eigenvalue weighted by molar-refractivity contribution is 0.0943. The van der Waals surface area contributed by atoms with Crippen molar-refractivity contribution in [1.82, 2.24) is 10.3 Å². The van der Waals surface area contributed by atoms with Crippen LogP contribution in [0.1, 0.15) is 16.8 Å². The monoisotopic (exact) mass is 400 g/mol. The van der Waals surface area contributed by atoms with E-state index in [4.69, 9.17) is 11.6 Å². The lowest BCUT2D eigenvalue weighted by Gasteiger charge is -2.14. The first-order chi connectivity index (χ1) is 12.9. The summed E-state index contributed by atoms with van der Waals surface area (Å²) in [5.74, 6) is -0.178. The number of rotatable bonds is 3. The Morgan fingerprint density at radius 2 is 1.85 bits per heavy atom. The second-order valence-electron chi connectivity index (χ2n) is 6.65. The van der Waals surface area contributed by atoms with Crippen LogP contribution in [0.25, 0.3) is 22.2 Å². The maximum absolute atomic E-state index is 12.9. The number of aromatic nitrogens is 1. The van der Waals surface area contributed by atoms with Crippen LogP contribution in [0.3, 0.4) is 0 Å². The number of pyridine rings is 1. The van der Waals surface area contributed by atoms with E-state index in [1.165, 1.54) is 0 Å². The molecule has 1 aliphatic rings. The van der Waals surface area contributed by atoms with Gasteiger partial charge in [-0.05, 0) is 30.7 Å². The fraction of sp³-hybridized carbons (Fsp3) is 0.200. The van der Waals surface area contributed by atoms with Crippen LogP contribution in [0.4, 0.5) is 0 Å². The molecule has 1 fully saturated rings. The standard InChI is InChI=1S/C20H17ClN2O3S/c21-14-7-5-13(6-8-14)19-11-17(16-3-1-2-4-18(16)23-19)20(24)22-15-9-10-27(25,26)12-15/h1-8,11,15H,9-10,12H2,(H,22,24). The average Bonchev–Trinajstić information content (AvgIpc) is 2.99. The fourth-order valence-electron chi connectivity index (χ4n) is 3.30. The van der Waals surface area contributed by atoms with Gasteiger partial charge in [-0.15, -0.1) is 0 Å². The molecule has 138 valence electrons. The highest BCUT2D eigenvalue weighted by Gasteiger charge is 2.29. The third-order valence-electron chi connectivity index (χ3n) is 4.67. The van der Waals surface area contributed by atoms with Crippen molar-refractivity contribution >= 4 is 38.2 Å². The van der Waals surface area contributed by atoms with Gasteiger partial charge in [0.25, 0.3) is 5.91 Å². The molecule has 1 atom stereocenters. The lowest BCUT2D eigenvalue weighted by Crippen LogP contribution is -2.35. The number of fused-ring (bicyclic) bond motifs is 1. The predicted octanol–water partition coefficient (Wildman–Crippen LogP) is 3.47. The third-order valence-corrected chi connectivity index (χ3v) is 6.69. The van der Waals surface area contributed by atoms with Crippen LogP contribution in [0.15, 0.2) is 54.6 Å². The molecule has 0 aliphatic carbocycles. The molecular formula is C20H17ClN2O3S. The number of para-hydroxylation sites is 1. The molecule has 4 rings (SSSR count). The second-order valence-corrected chi connectivity index (χ2v) is 9.32. The Morgan fingerprint density at radius 3 is 2.56 bits per heavy atom. The molecule has 0 spiro atoms. The van der Waals surface area contributed by atoms with Gasteiger partial charge in [-0.3, -0.25) is 4.79 Å². The van der Waals surface area contributed by atoms with E-state index in [1.54, 1.807) is 18.2 Å². The minimum absolute atomic E-state index is 0.00814. The number of nitrogens with one attached hydrogen (secondary N) is 1. The van der Waals surface area contributed by atoms with Crippen molar-refractivity contribution in [1.29, 1.82) is 0 Å². The zero-order valence-corrected chi connectivity index (χ0v) is 15.9. The van der Waals surface area contributed by atoms with Crippen molar-refractivity contribution in [2.75, 3.05) is 11.5 Å². The number of hydrogen-bond donors (Lipinski definition) is 1. The summed E-state index contributed by atoms with van der Waals surface area (Å²) < 4.78 is 23.3. The molecule has 7 heteroatoms. The molecule has 2 heterocycles. The van der Waals surface area contributed by atoms with E-state index in [0.717, 1.165) is 10.9 Å². The van der Waals surface area contributed by atoms with Crippen molar-refractivity contribution in [3.63, 3.8) is 0 Å². The van der Waals surface area contributed by atoms with Crippen LogP contribution in [-0.4, -0.2) is 36.9 Å². The predicted molar refractivity (Wildman–Crippen MR) is 107 cm³/mol. The van der Waals surface area contributed by atoms with Gasteiger partial charge in [-0.2, -0.15) is 0 Å². The van der Waals surface area contributed by atoms with Gasteiger partial charge in [-0.25, -0.2) is 13.4 Å². The summed E-state index contributed by atoms with van der Waals surface area (Å²) in [5.41, 5.74) is 2.70. The van der Waals surface area contributed by atoms with Crippen LogP contribution in [0.5, 0.6) is 0 Å². The molecule has 0 saturated carbocycles. The quantitative estimate of drug-likeness (QED) is 0.730. The number of nitrogens with zero attached hydrogens (tertiary/aromatic N) is 1. The number of sulfone groups is 1. The summed E-state index contributed by atoms with van der Waals surface area (Å²) in [4.78, 5) is 17.6. The Morgan fingerprint density at radius 1 is 1.11 bits per heavy atom. The molecule has 0 radical (unpaired) electrons. The Balaban J connectivity index is 1.74. The van der Waals surface area contributed by atoms with Crippen molar-refractivity contribution in [3.8, 4) is 11.3 Å². The molecule has 0 bridgehead atoms. The maximum atomic E-state index is 12.9. The minimum Gasteiger partial charge on any atom is -0.348 e. The lowest BCUT2D eigenvalue weighted by atomic mass is 10.0. The van der Waals surface area contributed by atoms with Crippen molar-refractivity contribution < 1.29 is 13.2 Å². The van der Waals surface area contributed by atoms with E-state index < -0.39 is 9.84 Å². The summed E-state index contributed by atoms with van der Waals surface area (Å²) in [7, 11) is -3.06. The van der Waals surface area contributed by atoms with Gasteiger partial charge < -0.3 is 5.32 Å². The SMILES string of the molecule is O=C(NC1CCS(=O)(=O)C1)c1cc(-c2ccc(Cl)cc2)nc2ccccc12. The molecule has 1 unspecified atom stereocenters. The van der Waals surface area contributed by atoms with E-state index in [9.17, 15) is 13.2 Å². The number of carbonyl (C=O) groups is 1. The van der Waals surface area contributed by atoms with Gasteiger partial charge in [0.05, 0.1) is 28.3 Å². The molecule has 1 amide bonds. The van der Waals surface area contributed by atoms with Crippen LogP contribution in [0.2, 0.25) is 5.02 Å². The first kappa shape index (κ1) is 17.9. The van der Waals surface area contributed by atoms with Gasteiger partial charge in [0.2, 0.25) is 0 Å². The van der Waals surface area contributed by atoms with E-state index in [2.05, 4.69) is 10.3 Å². The zero-order chi connectivity index (χ0) is 19.0. The molecule has 5 nitrogen and oxygen atoms in total. The number of hydrogen-bond acceptors (Lipinski definition) is 4. The van der Waals surface area contributed by atoms with Crippen LogP contribution < -0.4 is 5.32 Å². The highest BCUT2D eigenvalue weighted by molar-refractivity contribution is 7.91. The normalized spacial score (nSPS) is 18.5. The molecule has 2 aromatic carbocycles. The Hall–Kier alpha value is -2.44. The maximum Gasteiger partial charge on any atom is 0.252 e. The van der Waals surface area contributed by atoms with Gasteiger partial charge in [0.15, 0.2) is 9.84 Å². The summed E-state index contributed by atoms with van der Waals surface area (Å²) in [6, 6.07) is 16.1. The van der Waals surface area contributed by atoms with Crippen molar-refractivity contribution in [2.24, 2.45) is 0 Å². The smallest absolute Gasteiger partial charge is 0.252 e. The van der Waals surface area contributed by atoms with Crippen LogP contribution in [0, 0.1) is 0 Å². The Kier molecular flexibility index (Phi) is 4.61. The van der Waals surface area contributed by atoms with Crippen LogP contribution in [-0.2, 0) is 9.84 Å². The minimum atomic E-state index is -3.06. The van der Waals surface area contributed by atoms with Gasteiger partial charge in [0.1, 0.15) is 0 Å². The van der Waals surface area contributed by atoms with E-state index >= 15 is 0 Å². The summed E-state index contributed by atoms with van der Waals surface area (Å²) in [5, 5.41) is 4.22. The van der Waals surface area contributed by atoms with E-state index in [1.807, 2.05) is 36.4 Å². The Bertz CT molecular complexity index is 1130. The van der Waals surface area contributed by atoms with Crippen molar-refractivity contribution in [2.45, 2.75) is 12.5 Å². The first-order valence-corrected chi connectivity index (χ1v) is 10.8. The number of amides is 1. The number of halogens is 1. The number of benzene rings is 2. The zero-order valence-electron chi connectivity index (χ0n) is 14.4. The molecule has 1 aromatic heterocycles. The molecular weight excluding hydrogens is 384 g/mol. The Labute approximate surface area is 162 Å². The molecule has 27 heavy (non-hydrogen) atoms. The molecule has 1 aliphatic heterocycles. The molecule has 1 saturated heterocycles. The van der Waals surface area contributed by atoms with Gasteiger partial charge in [-0.1, -0.05) is 41.9 Å². The molecule has 3 aromatic rings. The van der Waals surface area contributed by atoms with E-state index in [-0.39, 0.29) is 23.5 Å². The second kappa shape index (κ2) is 6.94. The van der Waals surface area contributed by atoms with Gasteiger partial charge >= 0.3 is 0 Å². The van der Waals surface area contributed by atoms with E-state index in [0.29, 0.717) is 28.2 Å².